The van der Waals surface area contributed by atoms with Crippen LogP contribution in [0.4, 0.5) is 11.9 Å². The molecular formula is C11H15BrN6OS. The van der Waals surface area contributed by atoms with Crippen molar-refractivity contribution >= 4 is 39.2 Å². The van der Waals surface area contributed by atoms with Crippen LogP contribution in [-0.4, -0.2) is 21.1 Å². The van der Waals surface area contributed by atoms with Crippen LogP contribution in [0.5, 0.6) is 6.01 Å². The van der Waals surface area contributed by atoms with Gasteiger partial charge < -0.3 is 10.1 Å². The monoisotopic (exact) mass is 358 g/mol. The Bertz CT molecular complexity index is 576. The molecule has 7 nitrogen and oxygen atoms in total. The first-order valence-corrected chi connectivity index (χ1v) is 7.61. The highest BCUT2D eigenvalue weighted by atomic mass is 79.9. The highest BCUT2D eigenvalue weighted by molar-refractivity contribution is 9.10. The number of anilines is 2. The standard InChI is InChI=1S/C11H15BrN6OS/c1-6(2)19-11-16-9(15-10(17-11)18-13)14-5-8-7(12)3-4-20-8/h3-4,6H,5,13H2,1-2H3,(H2,14,15,16,17,18). The number of nitrogens with zero attached hydrogens (tertiary/aromatic N) is 3. The number of thiophene rings is 1. The second kappa shape index (κ2) is 6.82. The first-order valence-electron chi connectivity index (χ1n) is 5.93. The van der Waals surface area contributed by atoms with Gasteiger partial charge in [0, 0.05) is 9.35 Å². The van der Waals surface area contributed by atoms with E-state index in [2.05, 4.69) is 41.6 Å². The summed E-state index contributed by atoms with van der Waals surface area (Å²) in [5.74, 6) is 6.00. The van der Waals surface area contributed by atoms with Crippen LogP contribution in [0, 0.1) is 0 Å². The Morgan fingerprint density at radius 3 is 2.70 bits per heavy atom. The van der Waals surface area contributed by atoms with Gasteiger partial charge in [-0.1, -0.05) is 0 Å². The van der Waals surface area contributed by atoms with Crippen LogP contribution in [0.3, 0.4) is 0 Å². The number of ether oxygens (including phenoxy) is 1. The molecule has 0 amide bonds. The summed E-state index contributed by atoms with van der Waals surface area (Å²) in [5.41, 5.74) is 2.40. The molecule has 108 valence electrons. The van der Waals surface area contributed by atoms with Crippen molar-refractivity contribution in [2.75, 3.05) is 10.7 Å². The molecule has 0 aromatic carbocycles. The quantitative estimate of drug-likeness (QED) is 0.538. The van der Waals surface area contributed by atoms with Crippen LogP contribution in [0.15, 0.2) is 15.9 Å². The average Bonchev–Trinajstić information content (AvgIpc) is 2.81. The molecule has 0 aliphatic carbocycles. The van der Waals surface area contributed by atoms with Gasteiger partial charge in [0.2, 0.25) is 11.9 Å². The van der Waals surface area contributed by atoms with Gasteiger partial charge in [-0.05, 0) is 41.2 Å². The number of nitrogen functional groups attached to an aromatic ring is 1. The van der Waals surface area contributed by atoms with Gasteiger partial charge in [0.15, 0.2) is 0 Å². The van der Waals surface area contributed by atoms with Crippen molar-refractivity contribution in [1.29, 1.82) is 0 Å². The molecule has 4 N–H and O–H groups in total. The zero-order valence-corrected chi connectivity index (χ0v) is 13.5. The van der Waals surface area contributed by atoms with E-state index in [9.17, 15) is 0 Å². The molecule has 0 aliphatic rings. The van der Waals surface area contributed by atoms with Gasteiger partial charge in [0.25, 0.3) is 0 Å². The minimum Gasteiger partial charge on any atom is -0.461 e. The molecule has 0 saturated carbocycles. The van der Waals surface area contributed by atoms with Crippen molar-refractivity contribution in [1.82, 2.24) is 15.0 Å². The van der Waals surface area contributed by atoms with E-state index in [-0.39, 0.29) is 18.1 Å². The summed E-state index contributed by atoms with van der Waals surface area (Å²) in [4.78, 5) is 13.5. The Labute approximate surface area is 129 Å². The van der Waals surface area contributed by atoms with Crippen LogP contribution in [0.25, 0.3) is 0 Å². The molecule has 0 aliphatic heterocycles. The van der Waals surface area contributed by atoms with E-state index in [1.165, 1.54) is 0 Å². The summed E-state index contributed by atoms with van der Waals surface area (Å²) in [5, 5.41) is 5.13. The van der Waals surface area contributed by atoms with E-state index in [1.54, 1.807) is 11.3 Å². The number of aromatic nitrogens is 3. The number of nitrogens with two attached hydrogens (primary N) is 1. The smallest absolute Gasteiger partial charge is 0.323 e. The van der Waals surface area contributed by atoms with E-state index >= 15 is 0 Å². The molecule has 0 spiro atoms. The zero-order valence-electron chi connectivity index (χ0n) is 11.1. The SMILES string of the molecule is CC(C)Oc1nc(NN)nc(NCc2sccc2Br)n1. The molecule has 0 fully saturated rings. The van der Waals surface area contributed by atoms with Crippen molar-refractivity contribution in [3.05, 3.63) is 20.8 Å². The Morgan fingerprint density at radius 1 is 1.35 bits per heavy atom. The molecule has 0 saturated heterocycles. The van der Waals surface area contributed by atoms with Gasteiger partial charge in [-0.25, -0.2) is 5.84 Å². The van der Waals surface area contributed by atoms with Gasteiger partial charge in [0.1, 0.15) is 0 Å². The van der Waals surface area contributed by atoms with Crippen LogP contribution in [0.1, 0.15) is 18.7 Å². The summed E-state index contributed by atoms with van der Waals surface area (Å²) in [7, 11) is 0. The summed E-state index contributed by atoms with van der Waals surface area (Å²) in [6.07, 6.45) is -0.0256. The predicted molar refractivity (Wildman–Crippen MR) is 82.7 cm³/mol. The van der Waals surface area contributed by atoms with Crippen LogP contribution < -0.4 is 21.3 Å². The van der Waals surface area contributed by atoms with Crippen LogP contribution in [0.2, 0.25) is 0 Å². The molecule has 2 aromatic heterocycles. The van der Waals surface area contributed by atoms with Gasteiger partial charge in [-0.15, -0.1) is 11.3 Å². The molecule has 2 rings (SSSR count). The molecule has 0 unspecified atom stereocenters. The highest BCUT2D eigenvalue weighted by Crippen LogP contribution is 2.23. The lowest BCUT2D eigenvalue weighted by molar-refractivity contribution is 0.222. The lowest BCUT2D eigenvalue weighted by Gasteiger charge is -2.10. The van der Waals surface area contributed by atoms with E-state index in [0.717, 1.165) is 9.35 Å². The zero-order chi connectivity index (χ0) is 14.5. The fourth-order valence-electron chi connectivity index (χ4n) is 1.37. The maximum atomic E-state index is 5.45. The molecule has 20 heavy (non-hydrogen) atoms. The number of nitrogens with one attached hydrogen (secondary N) is 2. The Morgan fingerprint density at radius 2 is 2.10 bits per heavy atom. The molecular weight excluding hydrogens is 344 g/mol. The van der Waals surface area contributed by atoms with E-state index in [1.807, 2.05) is 25.3 Å². The summed E-state index contributed by atoms with van der Waals surface area (Å²) >= 11 is 5.12. The molecule has 0 bridgehead atoms. The lowest BCUT2D eigenvalue weighted by Crippen LogP contribution is -2.16. The molecule has 0 atom stereocenters. The normalized spacial score (nSPS) is 10.7. The van der Waals surface area contributed by atoms with Crippen molar-refractivity contribution in [2.45, 2.75) is 26.5 Å². The largest absolute Gasteiger partial charge is 0.461 e. The van der Waals surface area contributed by atoms with Crippen molar-refractivity contribution in [3.8, 4) is 6.01 Å². The topological polar surface area (TPSA) is 98.0 Å². The van der Waals surface area contributed by atoms with Crippen molar-refractivity contribution in [3.63, 3.8) is 0 Å². The third kappa shape index (κ3) is 4.02. The number of hydrogen-bond donors (Lipinski definition) is 3. The Balaban J connectivity index is 2.12. The number of hydrogen-bond acceptors (Lipinski definition) is 8. The summed E-state index contributed by atoms with van der Waals surface area (Å²) < 4.78 is 6.51. The third-order valence-corrected chi connectivity index (χ3v) is 4.11. The number of rotatable bonds is 6. The van der Waals surface area contributed by atoms with Gasteiger partial charge in [-0.3, -0.25) is 5.43 Å². The predicted octanol–water partition coefficient (Wildman–Crippen LogP) is 2.38. The van der Waals surface area contributed by atoms with E-state index < -0.39 is 0 Å². The first kappa shape index (κ1) is 14.9. The molecule has 2 aromatic rings. The maximum Gasteiger partial charge on any atom is 0.323 e. The molecule has 9 heteroatoms. The molecule has 0 radical (unpaired) electrons. The first-order chi connectivity index (χ1) is 9.58. The fraction of sp³-hybridized carbons (Fsp3) is 0.364. The average molecular weight is 359 g/mol. The Hall–Kier alpha value is -1.45. The number of halogens is 1. The van der Waals surface area contributed by atoms with Gasteiger partial charge in [-0.2, -0.15) is 15.0 Å². The molecule has 2 heterocycles. The second-order valence-corrected chi connectivity index (χ2v) is 5.98. The minimum atomic E-state index is -0.0256. The summed E-state index contributed by atoms with van der Waals surface area (Å²) in [6, 6.07) is 2.23. The third-order valence-electron chi connectivity index (χ3n) is 2.18. The Kier molecular flexibility index (Phi) is 5.10. The summed E-state index contributed by atoms with van der Waals surface area (Å²) in [6.45, 7) is 4.40. The minimum absolute atomic E-state index is 0.0256. The van der Waals surface area contributed by atoms with Gasteiger partial charge >= 0.3 is 6.01 Å². The van der Waals surface area contributed by atoms with E-state index in [4.69, 9.17) is 10.6 Å². The number of hydrazine groups is 1. The second-order valence-electron chi connectivity index (χ2n) is 4.12. The lowest BCUT2D eigenvalue weighted by atomic mass is 10.5. The van der Waals surface area contributed by atoms with Crippen molar-refractivity contribution in [2.24, 2.45) is 5.84 Å². The van der Waals surface area contributed by atoms with Gasteiger partial charge in [0.05, 0.1) is 12.6 Å². The fourth-order valence-corrected chi connectivity index (χ4v) is 2.81. The van der Waals surface area contributed by atoms with Crippen LogP contribution in [-0.2, 0) is 6.54 Å². The van der Waals surface area contributed by atoms with Crippen LogP contribution >= 0.6 is 27.3 Å². The van der Waals surface area contributed by atoms with E-state index in [0.29, 0.717) is 12.5 Å². The maximum absolute atomic E-state index is 5.45. The van der Waals surface area contributed by atoms with Crippen molar-refractivity contribution < 1.29 is 4.74 Å². The highest BCUT2D eigenvalue weighted by Gasteiger charge is 2.09.